The molecule has 0 unspecified atom stereocenters. The second-order valence-electron chi connectivity index (χ2n) is 4.31. The average Bonchev–Trinajstić information content (AvgIpc) is 3.18. The van der Waals surface area contributed by atoms with E-state index in [2.05, 4.69) is 96.5 Å². The fourth-order valence-corrected chi connectivity index (χ4v) is 2.14. The number of benzene rings is 2. The van der Waals surface area contributed by atoms with Gasteiger partial charge in [-0.05, 0) is 0 Å². The van der Waals surface area contributed by atoms with Gasteiger partial charge in [0.1, 0.15) is 0 Å². The van der Waals surface area contributed by atoms with E-state index in [0.717, 1.165) is 0 Å². The molecule has 0 fully saturated rings. The molecule has 2 heteroatoms. The molecule has 4 aromatic carbocycles. The minimum absolute atomic E-state index is 0. The molecule has 0 saturated heterocycles. The third-order valence-corrected chi connectivity index (χ3v) is 3.10. The number of fused-ring (bicyclic) bond motifs is 2. The topological polar surface area (TPSA) is 0 Å². The standard InChI is InChI=1S/2C9H7.CH3Cl.Zr/c2*1-2-5-9-7-3-6-8(9)4-1;1-2;/h2*1-7H;1H3;/q2*-1;;+2. The van der Waals surface area contributed by atoms with Gasteiger partial charge in [0.25, 0.3) is 0 Å². The quantitative estimate of drug-likeness (QED) is 0.264. The molecule has 0 bridgehead atoms. The molecular formula is C19H17ClZr. The molecule has 0 spiro atoms. The van der Waals surface area contributed by atoms with Gasteiger partial charge in [0.05, 0.1) is 0 Å². The number of alkyl halides is 1. The van der Waals surface area contributed by atoms with Crippen LogP contribution < -0.4 is 0 Å². The van der Waals surface area contributed by atoms with Crippen LogP contribution in [0.4, 0.5) is 0 Å². The summed E-state index contributed by atoms with van der Waals surface area (Å²) in [5, 5.41) is 5.32. The van der Waals surface area contributed by atoms with Crippen molar-refractivity contribution in [3.05, 3.63) is 84.9 Å². The van der Waals surface area contributed by atoms with Crippen molar-refractivity contribution in [2.24, 2.45) is 0 Å². The Balaban J connectivity index is 0.000000181. The average molecular weight is 372 g/mol. The second-order valence-corrected chi connectivity index (χ2v) is 4.31. The Labute approximate surface area is 150 Å². The first kappa shape index (κ1) is 17.9. The van der Waals surface area contributed by atoms with Gasteiger partial charge in [-0.2, -0.15) is 35.0 Å². The van der Waals surface area contributed by atoms with Gasteiger partial charge >= 0.3 is 26.2 Å². The van der Waals surface area contributed by atoms with Gasteiger partial charge in [0.2, 0.25) is 0 Å². The van der Waals surface area contributed by atoms with Crippen LogP contribution in [0.15, 0.2) is 84.9 Å². The Kier molecular flexibility index (Phi) is 8.27. The first-order chi connectivity index (χ1) is 9.93. The summed E-state index contributed by atoms with van der Waals surface area (Å²) in [5.41, 5.74) is 0. The Morgan fingerprint density at radius 3 is 1.38 bits per heavy atom. The van der Waals surface area contributed by atoms with E-state index >= 15 is 0 Å². The summed E-state index contributed by atoms with van der Waals surface area (Å²) in [4.78, 5) is 0. The fraction of sp³-hybridized carbons (Fsp3) is 0.0526. The SMILES string of the molecule is CCl.[Zr+2].c1ccc2[cH-]ccc2c1.c1ccc2[cH-]ccc2c1. The van der Waals surface area contributed by atoms with E-state index in [1.54, 1.807) is 0 Å². The van der Waals surface area contributed by atoms with Crippen LogP contribution in [0.3, 0.4) is 0 Å². The summed E-state index contributed by atoms with van der Waals surface area (Å²) in [6, 6.07) is 29.3. The first-order valence-corrected chi connectivity index (χ1v) is 7.28. The van der Waals surface area contributed by atoms with E-state index in [1.165, 1.54) is 27.9 Å². The minimum atomic E-state index is 0. The van der Waals surface area contributed by atoms with E-state index in [0.29, 0.717) is 0 Å². The number of hydrogen-bond donors (Lipinski definition) is 0. The number of halogens is 1. The van der Waals surface area contributed by atoms with Gasteiger partial charge < -0.3 is 0 Å². The molecule has 0 aliphatic carbocycles. The van der Waals surface area contributed by atoms with Crippen molar-refractivity contribution in [3.63, 3.8) is 0 Å². The van der Waals surface area contributed by atoms with Crippen LogP contribution in [-0.4, -0.2) is 6.38 Å². The third-order valence-electron chi connectivity index (χ3n) is 3.10. The van der Waals surface area contributed by atoms with Crippen LogP contribution in [0.25, 0.3) is 21.5 Å². The first-order valence-electron chi connectivity index (χ1n) is 6.52. The molecule has 0 nitrogen and oxygen atoms in total. The Bertz CT molecular complexity index is 626. The maximum Gasteiger partial charge on any atom is 2.00 e. The van der Waals surface area contributed by atoms with Crippen molar-refractivity contribution in [1.29, 1.82) is 0 Å². The molecule has 0 radical (unpaired) electrons. The van der Waals surface area contributed by atoms with E-state index in [4.69, 9.17) is 0 Å². The van der Waals surface area contributed by atoms with Crippen molar-refractivity contribution in [2.75, 3.05) is 6.38 Å². The minimum Gasteiger partial charge on any atom is -0.168 e. The molecule has 0 aliphatic rings. The summed E-state index contributed by atoms with van der Waals surface area (Å²) in [6.45, 7) is 0. The predicted molar refractivity (Wildman–Crippen MR) is 90.9 cm³/mol. The third kappa shape index (κ3) is 4.95. The van der Waals surface area contributed by atoms with Crippen molar-refractivity contribution >= 4 is 33.1 Å². The van der Waals surface area contributed by atoms with Gasteiger partial charge in [-0.3, -0.25) is 0 Å². The molecule has 0 heterocycles. The molecule has 21 heavy (non-hydrogen) atoms. The Hall–Kier alpha value is -1.17. The van der Waals surface area contributed by atoms with Crippen molar-refractivity contribution < 1.29 is 26.2 Å². The molecule has 0 N–H and O–H groups in total. The Morgan fingerprint density at radius 1 is 0.619 bits per heavy atom. The van der Waals surface area contributed by atoms with Gasteiger partial charge in [-0.1, -0.05) is 12.1 Å². The second kappa shape index (κ2) is 9.71. The molecular weight excluding hydrogens is 355 g/mol. The zero-order chi connectivity index (χ0) is 14.2. The number of rotatable bonds is 0. The summed E-state index contributed by atoms with van der Waals surface area (Å²) in [6.07, 6.45) is 1.47. The maximum absolute atomic E-state index is 4.64. The van der Waals surface area contributed by atoms with Gasteiger partial charge in [-0.25, -0.2) is 0 Å². The molecule has 0 atom stereocenters. The summed E-state index contributed by atoms with van der Waals surface area (Å²) in [5.74, 6) is 0. The normalized spacial score (nSPS) is 9.05. The molecule has 0 amide bonds. The molecule has 4 rings (SSSR count). The summed E-state index contributed by atoms with van der Waals surface area (Å²) < 4.78 is 0. The van der Waals surface area contributed by atoms with Crippen molar-refractivity contribution in [3.8, 4) is 0 Å². The molecule has 4 aromatic rings. The maximum atomic E-state index is 4.64. The molecule has 104 valence electrons. The molecule has 0 aromatic heterocycles. The largest absolute Gasteiger partial charge is 2.00 e. The monoisotopic (exact) mass is 370 g/mol. The van der Waals surface area contributed by atoms with Crippen LogP contribution in [0.1, 0.15) is 0 Å². The van der Waals surface area contributed by atoms with Crippen LogP contribution in [0.5, 0.6) is 0 Å². The smallest absolute Gasteiger partial charge is 0.168 e. The molecule has 0 aliphatic heterocycles. The van der Waals surface area contributed by atoms with Crippen molar-refractivity contribution in [1.82, 2.24) is 0 Å². The fourth-order valence-electron chi connectivity index (χ4n) is 2.14. The van der Waals surface area contributed by atoms with E-state index in [-0.39, 0.29) is 26.2 Å². The van der Waals surface area contributed by atoms with E-state index in [9.17, 15) is 0 Å². The van der Waals surface area contributed by atoms with E-state index in [1.807, 2.05) is 0 Å². The van der Waals surface area contributed by atoms with Crippen molar-refractivity contribution in [2.45, 2.75) is 0 Å². The van der Waals surface area contributed by atoms with Gasteiger partial charge in [0.15, 0.2) is 0 Å². The zero-order valence-electron chi connectivity index (χ0n) is 12.0. The summed E-state index contributed by atoms with van der Waals surface area (Å²) in [7, 11) is 0. The molecule has 0 saturated carbocycles. The van der Waals surface area contributed by atoms with Crippen LogP contribution in [0.2, 0.25) is 0 Å². The Morgan fingerprint density at radius 2 is 1.00 bits per heavy atom. The van der Waals surface area contributed by atoms with Crippen LogP contribution in [-0.2, 0) is 26.2 Å². The zero-order valence-corrected chi connectivity index (χ0v) is 15.2. The van der Waals surface area contributed by atoms with Crippen LogP contribution in [0, 0.1) is 0 Å². The van der Waals surface area contributed by atoms with Crippen LogP contribution >= 0.6 is 11.6 Å². The van der Waals surface area contributed by atoms with Gasteiger partial charge in [-0.15, -0.1) is 70.9 Å². The van der Waals surface area contributed by atoms with Gasteiger partial charge in [0, 0.05) is 6.38 Å². The predicted octanol–water partition coefficient (Wildman–Crippen LogP) is 5.97. The number of hydrogen-bond acceptors (Lipinski definition) is 0. The van der Waals surface area contributed by atoms with E-state index < -0.39 is 0 Å². The summed E-state index contributed by atoms with van der Waals surface area (Å²) >= 11 is 4.64.